The maximum absolute atomic E-state index is 11.9. The second kappa shape index (κ2) is 7.97. The molecule has 106 valence electrons. The third-order valence-electron chi connectivity index (χ3n) is 2.74. The minimum atomic E-state index is -0.938. The normalized spacial score (nSPS) is 12.0. The molecule has 1 amide bonds. The van der Waals surface area contributed by atoms with E-state index in [0.29, 0.717) is 24.5 Å². The van der Waals surface area contributed by atoms with Crippen LogP contribution in [0.3, 0.4) is 0 Å². The van der Waals surface area contributed by atoms with Crippen molar-refractivity contribution in [3.63, 3.8) is 0 Å². The Balaban J connectivity index is 1.65. The molecule has 5 heteroatoms. The van der Waals surface area contributed by atoms with Gasteiger partial charge in [0.1, 0.15) is 0 Å². The summed E-state index contributed by atoms with van der Waals surface area (Å²) in [5, 5.41) is 4.77. The predicted molar refractivity (Wildman–Crippen MR) is 84.2 cm³/mol. The van der Waals surface area contributed by atoms with Gasteiger partial charge in [-0.05, 0) is 17.0 Å². The van der Waals surface area contributed by atoms with Gasteiger partial charge in [-0.1, -0.05) is 36.4 Å². The summed E-state index contributed by atoms with van der Waals surface area (Å²) in [6.45, 7) is 0.462. The topological polar surface area (TPSA) is 46.2 Å². The zero-order valence-electron chi connectivity index (χ0n) is 11.1. The van der Waals surface area contributed by atoms with Crippen molar-refractivity contribution in [2.75, 3.05) is 12.3 Å². The van der Waals surface area contributed by atoms with Gasteiger partial charge in [0.25, 0.3) is 0 Å². The molecule has 2 aromatic rings. The lowest BCUT2D eigenvalue weighted by atomic mass is 10.2. The van der Waals surface area contributed by atoms with Crippen molar-refractivity contribution in [2.24, 2.45) is 0 Å². The van der Waals surface area contributed by atoms with Gasteiger partial charge in [-0.2, -0.15) is 0 Å². The van der Waals surface area contributed by atoms with Crippen LogP contribution in [0.25, 0.3) is 0 Å². The quantitative estimate of drug-likeness (QED) is 0.853. The Hall–Kier alpha value is -1.46. The minimum Gasteiger partial charge on any atom is -0.355 e. The van der Waals surface area contributed by atoms with Gasteiger partial charge in [0.05, 0.1) is 6.42 Å². The molecule has 1 aromatic heterocycles. The molecule has 0 radical (unpaired) electrons. The maximum Gasteiger partial charge on any atom is 0.225 e. The van der Waals surface area contributed by atoms with E-state index in [1.54, 1.807) is 11.3 Å². The predicted octanol–water partition coefficient (Wildman–Crippen LogP) is 2.36. The molecule has 1 N–H and O–H groups in total. The van der Waals surface area contributed by atoms with E-state index in [1.807, 2.05) is 47.8 Å². The summed E-state index contributed by atoms with van der Waals surface area (Å²) in [4.78, 5) is 12.7. The molecule has 0 aliphatic rings. The van der Waals surface area contributed by atoms with Crippen LogP contribution in [0.5, 0.6) is 0 Å². The zero-order chi connectivity index (χ0) is 14.2. The minimum absolute atomic E-state index is 0.0100. The van der Waals surface area contributed by atoms with Gasteiger partial charge in [-0.3, -0.25) is 9.00 Å². The molecular weight excluding hydrogens is 290 g/mol. The van der Waals surface area contributed by atoms with Crippen LogP contribution >= 0.6 is 11.3 Å². The van der Waals surface area contributed by atoms with Crippen LogP contribution in [0.15, 0.2) is 47.8 Å². The number of carbonyl (C=O) groups is 1. The molecule has 0 saturated carbocycles. The molecule has 0 bridgehead atoms. The zero-order valence-corrected chi connectivity index (χ0v) is 12.7. The molecule has 1 heterocycles. The first-order valence-corrected chi connectivity index (χ1v) is 8.79. The molecule has 0 unspecified atom stereocenters. The third kappa shape index (κ3) is 5.27. The van der Waals surface area contributed by atoms with Gasteiger partial charge in [0, 0.05) is 33.7 Å². The summed E-state index contributed by atoms with van der Waals surface area (Å²) in [6, 6.07) is 13.6. The largest absolute Gasteiger partial charge is 0.355 e. The number of nitrogens with one attached hydrogen (secondary N) is 1. The fourth-order valence-electron chi connectivity index (χ4n) is 1.77. The Labute approximate surface area is 125 Å². The summed E-state index contributed by atoms with van der Waals surface area (Å²) in [6.07, 6.45) is 0.406. The van der Waals surface area contributed by atoms with Crippen LogP contribution < -0.4 is 5.32 Å². The number of amides is 1. The highest BCUT2D eigenvalue weighted by atomic mass is 32.2. The first-order chi connectivity index (χ1) is 9.74. The van der Waals surface area contributed by atoms with E-state index in [1.165, 1.54) is 0 Å². The number of rotatable bonds is 7. The highest BCUT2D eigenvalue weighted by Gasteiger charge is 2.05. The monoisotopic (exact) mass is 307 g/mol. The highest BCUT2D eigenvalue weighted by Crippen LogP contribution is 2.08. The lowest BCUT2D eigenvalue weighted by Gasteiger charge is -2.05. The van der Waals surface area contributed by atoms with E-state index < -0.39 is 10.8 Å². The number of hydrogen-bond donors (Lipinski definition) is 1. The summed E-state index contributed by atoms with van der Waals surface area (Å²) < 4.78 is 11.9. The Kier molecular flexibility index (Phi) is 5.95. The van der Waals surface area contributed by atoms with Gasteiger partial charge in [-0.15, -0.1) is 11.3 Å². The van der Waals surface area contributed by atoms with E-state index in [9.17, 15) is 9.00 Å². The van der Waals surface area contributed by atoms with E-state index in [-0.39, 0.29) is 5.91 Å². The fraction of sp³-hybridized carbons (Fsp3) is 0.267. The first kappa shape index (κ1) is 14.9. The van der Waals surface area contributed by atoms with Crippen molar-refractivity contribution < 1.29 is 9.00 Å². The van der Waals surface area contributed by atoms with Crippen LogP contribution in [-0.2, 0) is 27.8 Å². The first-order valence-electron chi connectivity index (χ1n) is 6.42. The highest BCUT2D eigenvalue weighted by molar-refractivity contribution is 7.84. The van der Waals surface area contributed by atoms with Crippen molar-refractivity contribution >= 4 is 28.0 Å². The molecule has 20 heavy (non-hydrogen) atoms. The molecule has 0 aliphatic heterocycles. The molecule has 0 fully saturated rings. The van der Waals surface area contributed by atoms with Crippen LogP contribution in [0.2, 0.25) is 0 Å². The van der Waals surface area contributed by atoms with Gasteiger partial charge in [0.2, 0.25) is 5.91 Å². The second-order valence-corrected chi connectivity index (χ2v) is 6.99. The van der Waals surface area contributed by atoms with Crippen LogP contribution in [-0.4, -0.2) is 22.4 Å². The van der Waals surface area contributed by atoms with Crippen molar-refractivity contribution in [3.05, 3.63) is 58.3 Å². The summed E-state index contributed by atoms with van der Waals surface area (Å²) in [7, 11) is -0.938. The number of hydrogen-bond acceptors (Lipinski definition) is 3. The van der Waals surface area contributed by atoms with Gasteiger partial charge >= 0.3 is 0 Å². The van der Waals surface area contributed by atoms with Crippen molar-refractivity contribution in [2.45, 2.75) is 12.2 Å². The lowest BCUT2D eigenvalue weighted by Crippen LogP contribution is -2.29. The molecule has 0 saturated heterocycles. The van der Waals surface area contributed by atoms with Crippen molar-refractivity contribution in [1.82, 2.24) is 5.32 Å². The van der Waals surface area contributed by atoms with E-state index in [0.717, 1.165) is 10.4 Å². The van der Waals surface area contributed by atoms with Crippen LogP contribution in [0, 0.1) is 0 Å². The fourth-order valence-corrected chi connectivity index (χ4v) is 3.51. The Bertz CT molecular complexity index is 553. The van der Waals surface area contributed by atoms with E-state index in [2.05, 4.69) is 5.32 Å². The molecule has 0 spiro atoms. The summed E-state index contributed by atoms with van der Waals surface area (Å²) >= 11 is 1.57. The third-order valence-corrected chi connectivity index (χ3v) is 4.93. The molecular formula is C15H17NO2S2. The molecule has 1 aromatic carbocycles. The average Bonchev–Trinajstić information content (AvgIpc) is 2.92. The Morgan fingerprint density at radius 3 is 2.65 bits per heavy atom. The summed E-state index contributed by atoms with van der Waals surface area (Å²) in [5.41, 5.74) is 1.07. The average molecular weight is 307 g/mol. The maximum atomic E-state index is 11.9. The molecule has 1 atom stereocenters. The van der Waals surface area contributed by atoms with Crippen molar-refractivity contribution in [1.29, 1.82) is 0 Å². The van der Waals surface area contributed by atoms with E-state index in [4.69, 9.17) is 0 Å². The van der Waals surface area contributed by atoms with Gasteiger partial charge in [0.15, 0.2) is 0 Å². The van der Waals surface area contributed by atoms with Gasteiger partial charge in [-0.25, -0.2) is 0 Å². The molecule has 0 aliphatic carbocycles. The number of carbonyl (C=O) groups excluding carboxylic acids is 1. The van der Waals surface area contributed by atoms with Crippen LogP contribution in [0.1, 0.15) is 10.4 Å². The second-order valence-electron chi connectivity index (χ2n) is 4.38. The van der Waals surface area contributed by atoms with Gasteiger partial charge < -0.3 is 5.32 Å². The molecule has 2 rings (SSSR count). The van der Waals surface area contributed by atoms with E-state index >= 15 is 0 Å². The van der Waals surface area contributed by atoms with Crippen molar-refractivity contribution in [3.8, 4) is 0 Å². The SMILES string of the molecule is O=C(Cc1cccs1)NCC[S@](=O)Cc1ccccc1. The molecule has 3 nitrogen and oxygen atoms in total. The standard InChI is InChI=1S/C15H17NO2S2/c17-15(11-14-7-4-9-19-14)16-8-10-20(18)12-13-5-2-1-3-6-13/h1-7,9H,8,10-12H2,(H,16,17)/t20-/m0/s1. The smallest absolute Gasteiger partial charge is 0.225 e. The number of thiophene rings is 1. The Morgan fingerprint density at radius 2 is 1.95 bits per heavy atom. The Morgan fingerprint density at radius 1 is 1.15 bits per heavy atom. The number of benzene rings is 1. The lowest BCUT2D eigenvalue weighted by molar-refractivity contribution is -0.120. The van der Waals surface area contributed by atoms with Crippen LogP contribution in [0.4, 0.5) is 0 Å². The summed E-state index contributed by atoms with van der Waals surface area (Å²) in [5.74, 6) is 1.02.